The Morgan fingerprint density at radius 2 is 1.77 bits per heavy atom. The van der Waals surface area contributed by atoms with Gasteiger partial charge in [-0.3, -0.25) is 4.90 Å². The van der Waals surface area contributed by atoms with E-state index in [0.717, 1.165) is 52.4 Å². The van der Waals surface area contributed by atoms with Crippen molar-refractivity contribution in [3.05, 3.63) is 45.7 Å². The summed E-state index contributed by atoms with van der Waals surface area (Å²) in [7, 11) is 1.68. The van der Waals surface area contributed by atoms with Gasteiger partial charge in [-0.05, 0) is 74.6 Å². The number of ether oxygens (including phenoxy) is 2. The maximum Gasteiger partial charge on any atom is 0.127 e. The second kappa shape index (κ2) is 11.3. The van der Waals surface area contributed by atoms with Gasteiger partial charge in [-0.25, -0.2) is 0 Å². The molecule has 176 valence electrons. The third-order valence-electron chi connectivity index (χ3n) is 6.66. The topological polar surface area (TPSA) is 62.2 Å². The van der Waals surface area contributed by atoms with Gasteiger partial charge in [0, 0.05) is 25.1 Å². The van der Waals surface area contributed by atoms with Gasteiger partial charge in [-0.1, -0.05) is 20.8 Å². The van der Waals surface area contributed by atoms with Crippen LogP contribution < -0.4 is 4.74 Å². The molecule has 0 heterocycles. The van der Waals surface area contributed by atoms with Crippen molar-refractivity contribution >= 4 is 12.4 Å². The van der Waals surface area contributed by atoms with E-state index in [4.69, 9.17) is 9.47 Å². The van der Waals surface area contributed by atoms with Crippen LogP contribution >= 0.6 is 12.4 Å². The number of nitrogens with zero attached hydrogens (tertiary/aromatic N) is 1. The molecule has 1 aromatic carbocycles. The first-order valence-corrected chi connectivity index (χ1v) is 10.9. The zero-order chi connectivity index (χ0) is 22.6. The molecule has 0 aliphatic heterocycles. The molecule has 0 aromatic heterocycles. The van der Waals surface area contributed by atoms with Crippen molar-refractivity contribution in [1.29, 1.82) is 0 Å². The van der Waals surface area contributed by atoms with Gasteiger partial charge in [-0.15, -0.1) is 12.4 Å². The molecule has 5 nitrogen and oxygen atoms in total. The molecule has 0 saturated heterocycles. The van der Waals surface area contributed by atoms with Crippen LogP contribution in [-0.4, -0.2) is 47.5 Å². The molecule has 1 unspecified atom stereocenters. The highest BCUT2D eigenvalue weighted by atomic mass is 35.5. The van der Waals surface area contributed by atoms with E-state index in [0.29, 0.717) is 25.3 Å². The van der Waals surface area contributed by atoms with Crippen LogP contribution in [0.4, 0.5) is 0 Å². The maximum atomic E-state index is 10.8. The van der Waals surface area contributed by atoms with Crippen LogP contribution in [0.15, 0.2) is 23.5 Å². The second-order valence-corrected chi connectivity index (χ2v) is 8.67. The van der Waals surface area contributed by atoms with E-state index >= 15 is 0 Å². The van der Waals surface area contributed by atoms with Gasteiger partial charge in [-0.2, -0.15) is 0 Å². The van der Waals surface area contributed by atoms with Crippen molar-refractivity contribution in [1.82, 2.24) is 4.90 Å². The first-order valence-electron chi connectivity index (χ1n) is 10.9. The van der Waals surface area contributed by atoms with Crippen molar-refractivity contribution in [2.75, 3.05) is 26.8 Å². The lowest BCUT2D eigenvalue weighted by Crippen LogP contribution is -2.37. The summed E-state index contributed by atoms with van der Waals surface area (Å²) in [5, 5.41) is 21.3. The average Bonchev–Trinajstić information content (AvgIpc) is 2.72. The molecule has 0 spiro atoms. The number of likely N-dealkylation sites (N-methyl/N-ethyl adjacent to an activating group) is 1. The number of benzene rings is 1. The Morgan fingerprint density at radius 1 is 1.13 bits per heavy atom. The van der Waals surface area contributed by atoms with Gasteiger partial charge < -0.3 is 19.7 Å². The minimum Gasteiger partial charge on any atom is -0.507 e. The molecule has 1 aliphatic carbocycles. The molecule has 1 aromatic rings. The Labute approximate surface area is 194 Å². The first-order chi connectivity index (χ1) is 14.1. The van der Waals surface area contributed by atoms with Crippen LogP contribution in [0.2, 0.25) is 0 Å². The number of aromatic hydroxyl groups is 1. The molecule has 1 aliphatic rings. The largest absolute Gasteiger partial charge is 0.507 e. The molecule has 2 rings (SSSR count). The fourth-order valence-electron chi connectivity index (χ4n) is 4.11. The summed E-state index contributed by atoms with van der Waals surface area (Å²) in [5.74, 6) is 2.19. The molecule has 0 radical (unpaired) electrons. The summed E-state index contributed by atoms with van der Waals surface area (Å²) in [6, 6.07) is 0. The number of phenolic OH excluding ortho intramolecular Hbond substituents is 1. The summed E-state index contributed by atoms with van der Waals surface area (Å²) in [6.45, 7) is 16.9. The highest BCUT2D eigenvalue weighted by Gasteiger charge is 2.34. The molecular formula is C25H40ClNO4. The van der Waals surface area contributed by atoms with Crippen LogP contribution in [0.25, 0.3) is 0 Å². The van der Waals surface area contributed by atoms with Crippen molar-refractivity contribution in [3.8, 4) is 11.5 Å². The fraction of sp³-hybridized carbons (Fsp3) is 0.600. The zero-order valence-corrected chi connectivity index (χ0v) is 21.2. The lowest BCUT2D eigenvalue weighted by molar-refractivity contribution is 0.0297. The van der Waals surface area contributed by atoms with Crippen LogP contribution in [0.5, 0.6) is 11.5 Å². The van der Waals surface area contributed by atoms with Crippen molar-refractivity contribution in [3.63, 3.8) is 0 Å². The SMILES string of the molecule is CCN(CCOC1=CCC(O)(C(C)C)C(C)=C1)Cc1c(C)c(O)c(C)c(C)c1OC.Cl. The Bertz CT molecular complexity index is 832. The number of allylic oxidation sites excluding steroid dienone is 1. The monoisotopic (exact) mass is 453 g/mol. The summed E-state index contributed by atoms with van der Waals surface area (Å²) < 4.78 is 11.7. The molecule has 0 amide bonds. The summed E-state index contributed by atoms with van der Waals surface area (Å²) in [4.78, 5) is 2.28. The molecule has 1 atom stereocenters. The number of rotatable bonds is 9. The van der Waals surface area contributed by atoms with E-state index in [9.17, 15) is 10.2 Å². The van der Waals surface area contributed by atoms with E-state index in [1.807, 2.05) is 53.7 Å². The lowest BCUT2D eigenvalue weighted by Gasteiger charge is -2.35. The Kier molecular flexibility index (Phi) is 9.93. The Morgan fingerprint density at radius 3 is 2.29 bits per heavy atom. The van der Waals surface area contributed by atoms with E-state index in [1.54, 1.807) is 7.11 Å². The number of hydrogen-bond donors (Lipinski definition) is 2. The average molecular weight is 454 g/mol. The quantitative estimate of drug-likeness (QED) is 0.537. The van der Waals surface area contributed by atoms with Gasteiger partial charge in [0.15, 0.2) is 0 Å². The third-order valence-corrected chi connectivity index (χ3v) is 6.66. The van der Waals surface area contributed by atoms with Gasteiger partial charge >= 0.3 is 0 Å². The molecule has 0 fully saturated rings. The summed E-state index contributed by atoms with van der Waals surface area (Å²) in [5.41, 5.74) is 3.92. The summed E-state index contributed by atoms with van der Waals surface area (Å²) >= 11 is 0. The molecule has 31 heavy (non-hydrogen) atoms. The lowest BCUT2D eigenvalue weighted by atomic mass is 9.78. The summed E-state index contributed by atoms with van der Waals surface area (Å²) in [6.07, 6.45) is 4.52. The molecule has 0 bridgehead atoms. The van der Waals surface area contributed by atoms with Gasteiger partial charge in [0.1, 0.15) is 23.9 Å². The van der Waals surface area contributed by atoms with E-state index < -0.39 is 5.60 Å². The minimum absolute atomic E-state index is 0. The molecule has 0 saturated carbocycles. The smallest absolute Gasteiger partial charge is 0.127 e. The minimum atomic E-state index is -0.776. The van der Waals surface area contributed by atoms with E-state index in [1.165, 1.54) is 0 Å². The van der Waals surface area contributed by atoms with Gasteiger partial charge in [0.2, 0.25) is 0 Å². The van der Waals surface area contributed by atoms with Crippen LogP contribution in [-0.2, 0) is 11.3 Å². The second-order valence-electron chi connectivity index (χ2n) is 8.67. The van der Waals surface area contributed by atoms with Crippen LogP contribution in [0.3, 0.4) is 0 Å². The molecule has 6 heteroatoms. The van der Waals surface area contributed by atoms with Crippen LogP contribution in [0.1, 0.15) is 56.4 Å². The van der Waals surface area contributed by atoms with Crippen molar-refractivity contribution < 1.29 is 19.7 Å². The number of phenols is 1. The first kappa shape index (κ1) is 27.3. The van der Waals surface area contributed by atoms with Crippen molar-refractivity contribution in [2.45, 2.75) is 67.0 Å². The maximum absolute atomic E-state index is 10.8. The van der Waals surface area contributed by atoms with E-state index in [2.05, 4.69) is 11.8 Å². The predicted molar refractivity (Wildman–Crippen MR) is 129 cm³/mol. The van der Waals surface area contributed by atoms with Crippen LogP contribution in [0, 0.1) is 26.7 Å². The van der Waals surface area contributed by atoms with Gasteiger partial charge in [0.05, 0.1) is 12.7 Å². The Balaban J connectivity index is 0.00000480. The standard InChI is InChI=1S/C25H39NO4.ClH/c1-9-26(15-22-20(7)23(27)18(5)19(6)24(22)29-8)12-13-30-21-10-11-25(28,16(2)3)17(4)14-21;/h10,14,16,27-28H,9,11-13,15H2,1-8H3;1H. The number of halogens is 1. The fourth-order valence-corrected chi connectivity index (χ4v) is 4.11. The normalized spacial score (nSPS) is 18.5. The predicted octanol–water partition coefficient (Wildman–Crippen LogP) is 5.21. The zero-order valence-electron chi connectivity index (χ0n) is 20.3. The van der Waals surface area contributed by atoms with E-state index in [-0.39, 0.29) is 18.3 Å². The molecule has 2 N–H and O–H groups in total. The van der Waals surface area contributed by atoms with Crippen molar-refractivity contribution in [2.24, 2.45) is 5.92 Å². The number of methoxy groups -OCH3 is 1. The highest BCUT2D eigenvalue weighted by molar-refractivity contribution is 5.85. The number of hydrogen-bond acceptors (Lipinski definition) is 5. The third kappa shape index (κ3) is 5.76. The number of aliphatic hydroxyl groups is 1. The molecular weight excluding hydrogens is 414 g/mol. The highest BCUT2D eigenvalue weighted by Crippen LogP contribution is 2.38. The Hall–Kier alpha value is -1.69. The van der Waals surface area contributed by atoms with Gasteiger partial charge in [0.25, 0.3) is 0 Å².